The zero-order valence-corrected chi connectivity index (χ0v) is 16.6. The Kier molecular flexibility index (Phi) is 8.02. The fraction of sp³-hybridized carbons (Fsp3) is 0.647. The number of aryl methyl sites for hydroxylation is 1. The Morgan fingerprint density at radius 1 is 0.528 bits per heavy atom. The molecule has 0 unspecified atom stereocenters. The lowest BCUT2D eigenvalue weighted by Crippen LogP contribution is -2.60. The second-order valence-electron chi connectivity index (χ2n) is 7.14. The van der Waals surface area contributed by atoms with Gasteiger partial charge in [0, 0.05) is 17.7 Å². The summed E-state index contributed by atoms with van der Waals surface area (Å²) in [6.45, 7) is -1.02. The van der Waals surface area contributed by atoms with E-state index in [9.17, 15) is 79.0 Å². The fourth-order valence-electron chi connectivity index (χ4n) is 2.65. The Hall–Kier alpha value is -2.08. The highest BCUT2D eigenvalue weighted by Gasteiger charge is 2.83. The fourth-order valence-corrected chi connectivity index (χ4v) is 2.65. The highest BCUT2D eigenvalue weighted by Crippen LogP contribution is 2.59. The predicted octanol–water partition coefficient (Wildman–Crippen LogP) is 7.46. The highest BCUT2D eigenvalue weighted by atomic mass is 19.4. The first-order valence-corrected chi connectivity index (χ1v) is 8.81. The van der Waals surface area contributed by atoms with Gasteiger partial charge < -0.3 is 5.11 Å². The summed E-state index contributed by atoms with van der Waals surface area (Å²) < 4.78 is 238. The zero-order valence-electron chi connectivity index (χ0n) is 16.6. The summed E-state index contributed by atoms with van der Waals surface area (Å²) in [4.78, 5) is 0. The third kappa shape index (κ3) is 4.66. The van der Waals surface area contributed by atoms with Gasteiger partial charge in [-0.3, -0.25) is 0 Å². The molecule has 210 valence electrons. The van der Waals surface area contributed by atoms with Crippen LogP contribution in [-0.2, 0) is 18.3 Å². The van der Waals surface area contributed by atoms with Crippen LogP contribution in [0.3, 0.4) is 0 Å². The van der Waals surface area contributed by atoms with Gasteiger partial charge >= 0.3 is 47.9 Å². The van der Waals surface area contributed by atoms with Crippen molar-refractivity contribution < 1.29 is 84.1 Å². The van der Waals surface area contributed by atoms with Crippen LogP contribution in [0.4, 0.5) is 79.0 Å². The van der Waals surface area contributed by atoms with Gasteiger partial charge in [0.25, 0.3) is 0 Å². The van der Waals surface area contributed by atoms with E-state index in [4.69, 9.17) is 5.11 Å². The number of halogens is 18. The van der Waals surface area contributed by atoms with E-state index in [1.807, 2.05) is 0 Å². The number of aliphatic hydroxyl groups is 1. The molecule has 0 aromatic heterocycles. The summed E-state index contributed by atoms with van der Waals surface area (Å²) in [6.07, 6.45) is -16.7. The van der Waals surface area contributed by atoms with Crippen molar-refractivity contribution in [3.63, 3.8) is 0 Å². The van der Waals surface area contributed by atoms with Gasteiger partial charge in [-0.05, 0) is 24.5 Å². The number of rotatable bonds is 9. The minimum absolute atomic E-state index is 0.300. The molecule has 0 aliphatic heterocycles. The van der Waals surface area contributed by atoms with E-state index in [2.05, 4.69) is 0 Å². The van der Waals surface area contributed by atoms with E-state index >= 15 is 0 Å². The third-order valence-electron chi connectivity index (χ3n) is 4.70. The quantitative estimate of drug-likeness (QED) is 0.305. The highest BCUT2D eigenvalue weighted by molar-refractivity contribution is 5.40. The largest absolute Gasteiger partial charge is 0.460 e. The van der Waals surface area contributed by atoms with Crippen LogP contribution in [0.1, 0.15) is 23.1 Å². The smallest absolute Gasteiger partial charge is 0.396 e. The molecule has 0 atom stereocenters. The normalized spacial score (nSPS) is 15.4. The molecule has 0 aliphatic carbocycles. The van der Waals surface area contributed by atoms with Crippen molar-refractivity contribution in [3.8, 4) is 0 Å². The lowest BCUT2D eigenvalue weighted by Gasteiger charge is -2.36. The van der Waals surface area contributed by atoms with Gasteiger partial charge in [-0.1, -0.05) is 12.1 Å². The van der Waals surface area contributed by atoms with Gasteiger partial charge in [0.1, 0.15) is 0 Å². The third-order valence-corrected chi connectivity index (χ3v) is 4.70. The summed E-state index contributed by atoms with van der Waals surface area (Å²) >= 11 is 0. The van der Waals surface area contributed by atoms with E-state index in [1.165, 1.54) is 0 Å². The molecule has 0 fully saturated rings. The van der Waals surface area contributed by atoms with Crippen LogP contribution < -0.4 is 0 Å². The molecule has 1 aromatic rings. The Morgan fingerprint density at radius 2 is 0.917 bits per heavy atom. The molecule has 0 heterocycles. The van der Waals surface area contributed by atoms with Crippen LogP contribution in [0.5, 0.6) is 0 Å². The van der Waals surface area contributed by atoms with Crippen LogP contribution >= 0.6 is 0 Å². The van der Waals surface area contributed by atoms with Crippen molar-refractivity contribution in [1.82, 2.24) is 0 Å². The summed E-state index contributed by atoms with van der Waals surface area (Å²) in [5.74, 6) is -43.9. The monoisotopic (exact) mass is 572 g/mol. The molecule has 1 aromatic carbocycles. The van der Waals surface area contributed by atoms with Crippen LogP contribution in [0.2, 0.25) is 0 Å². The maximum absolute atomic E-state index is 14.4. The number of aliphatic hydroxyl groups excluding tert-OH is 1. The zero-order chi connectivity index (χ0) is 29.0. The molecule has 1 rings (SSSR count). The van der Waals surface area contributed by atoms with Crippen molar-refractivity contribution in [1.29, 1.82) is 0 Å². The van der Waals surface area contributed by atoms with Gasteiger partial charge in [0.2, 0.25) is 0 Å². The van der Waals surface area contributed by atoms with Crippen LogP contribution in [0.15, 0.2) is 18.2 Å². The molecular formula is C17H10F18O. The van der Waals surface area contributed by atoms with Gasteiger partial charge in [0.15, 0.2) is 0 Å². The van der Waals surface area contributed by atoms with Crippen molar-refractivity contribution in [2.75, 3.05) is 6.61 Å². The molecule has 0 spiro atoms. The maximum atomic E-state index is 14.4. The van der Waals surface area contributed by atoms with Gasteiger partial charge in [0.05, 0.1) is 0 Å². The average Bonchev–Trinajstić information content (AvgIpc) is 2.69. The molecule has 0 aliphatic rings. The van der Waals surface area contributed by atoms with Gasteiger partial charge in [-0.15, -0.1) is 0 Å². The molecule has 0 saturated carbocycles. The molecule has 19 heteroatoms. The van der Waals surface area contributed by atoms with E-state index in [0.717, 1.165) is 0 Å². The van der Waals surface area contributed by atoms with Crippen molar-refractivity contribution in [2.24, 2.45) is 0 Å². The standard InChI is InChI=1S/C17H10F18O/c18-10(19,12(22,23)14(26,27)16(30,31)32)8-4-3-7(2-1-5-36)9(6-8)11(20,21)13(24,25)15(28,29)17(33,34)35/h3-4,6,36H,1-2,5H2. The molecule has 36 heavy (non-hydrogen) atoms. The summed E-state index contributed by atoms with van der Waals surface area (Å²) in [5.41, 5.74) is -7.46. The minimum atomic E-state index is -7.59. The molecule has 0 saturated heterocycles. The molecule has 1 nitrogen and oxygen atoms in total. The SMILES string of the molecule is OCCCc1ccc(C(F)(F)C(F)(F)C(F)(F)C(F)(F)F)cc1C(F)(F)C(F)(F)C(F)(F)C(F)(F)F. The molecule has 0 bridgehead atoms. The first-order chi connectivity index (χ1) is 15.7. The summed E-state index contributed by atoms with van der Waals surface area (Å²) in [7, 11) is 0. The van der Waals surface area contributed by atoms with Gasteiger partial charge in [-0.2, -0.15) is 79.0 Å². The summed E-state index contributed by atoms with van der Waals surface area (Å²) in [6, 6.07) is -2.15. The second-order valence-corrected chi connectivity index (χ2v) is 7.14. The minimum Gasteiger partial charge on any atom is -0.396 e. The first kappa shape index (κ1) is 31.9. The Balaban J connectivity index is 3.94. The first-order valence-electron chi connectivity index (χ1n) is 8.81. The Bertz CT molecular complexity index is 927. The number of benzene rings is 1. The Morgan fingerprint density at radius 3 is 1.28 bits per heavy atom. The molecular weight excluding hydrogens is 562 g/mol. The number of alkyl halides is 18. The van der Waals surface area contributed by atoms with Crippen LogP contribution in [-0.4, -0.2) is 47.8 Å². The van der Waals surface area contributed by atoms with Crippen molar-refractivity contribution in [2.45, 2.75) is 60.7 Å². The number of hydrogen-bond donors (Lipinski definition) is 1. The predicted molar refractivity (Wildman–Crippen MR) is 81.5 cm³/mol. The molecule has 1 N–H and O–H groups in total. The van der Waals surface area contributed by atoms with Crippen molar-refractivity contribution in [3.05, 3.63) is 34.9 Å². The average molecular weight is 572 g/mol. The summed E-state index contributed by atoms with van der Waals surface area (Å²) in [5, 5.41) is 8.66. The topological polar surface area (TPSA) is 20.2 Å². The number of hydrogen-bond acceptors (Lipinski definition) is 1. The van der Waals surface area contributed by atoms with Crippen molar-refractivity contribution >= 4 is 0 Å². The maximum Gasteiger partial charge on any atom is 0.460 e. The van der Waals surface area contributed by atoms with Gasteiger partial charge in [-0.25, -0.2) is 0 Å². The Labute approximate surface area is 187 Å². The van der Waals surface area contributed by atoms with E-state index in [-0.39, 0.29) is 6.07 Å². The lowest BCUT2D eigenvalue weighted by molar-refractivity contribution is -0.400. The van der Waals surface area contributed by atoms with E-state index in [1.54, 1.807) is 0 Å². The second kappa shape index (κ2) is 9.04. The van der Waals surface area contributed by atoms with Crippen LogP contribution in [0.25, 0.3) is 0 Å². The van der Waals surface area contributed by atoms with E-state index in [0.29, 0.717) is 0 Å². The molecule has 0 amide bonds. The van der Waals surface area contributed by atoms with Crippen LogP contribution in [0, 0.1) is 0 Å². The lowest BCUT2D eigenvalue weighted by atomic mass is 9.87. The molecule has 0 radical (unpaired) electrons. The van der Waals surface area contributed by atoms with E-state index < -0.39 is 96.2 Å².